The van der Waals surface area contributed by atoms with Crippen LogP contribution in [0.15, 0.2) is 24.3 Å². The van der Waals surface area contributed by atoms with Gasteiger partial charge >= 0.3 is 0 Å². The smallest absolute Gasteiger partial charge is 0.145 e. The van der Waals surface area contributed by atoms with Crippen LogP contribution in [0.5, 0.6) is 0 Å². The Morgan fingerprint density at radius 1 is 1.32 bits per heavy atom. The fourth-order valence-corrected chi connectivity index (χ4v) is 2.44. The molecule has 0 atom stereocenters. The first kappa shape index (κ1) is 12.1. The third-order valence-corrected chi connectivity index (χ3v) is 3.88. The highest BCUT2D eigenvalue weighted by Crippen LogP contribution is 2.39. The van der Waals surface area contributed by atoms with Crippen molar-refractivity contribution < 1.29 is 0 Å². The van der Waals surface area contributed by atoms with E-state index < -0.39 is 0 Å². The van der Waals surface area contributed by atoms with E-state index in [1.165, 1.54) is 6.42 Å². The van der Waals surface area contributed by atoms with Crippen LogP contribution in [0.25, 0.3) is 5.69 Å². The predicted molar refractivity (Wildman–Crippen MR) is 74.3 cm³/mol. The van der Waals surface area contributed by atoms with E-state index in [1.54, 1.807) is 16.8 Å². The zero-order chi connectivity index (χ0) is 13.4. The topological polar surface area (TPSA) is 67.6 Å². The van der Waals surface area contributed by atoms with Crippen molar-refractivity contribution in [2.45, 2.75) is 25.2 Å². The number of nitrogen functional groups attached to an aromatic ring is 1. The average Bonchev–Trinajstić information content (AvgIpc) is 2.65. The number of hydrogen-bond donors (Lipinski definition) is 1. The first-order valence-corrected chi connectivity index (χ1v) is 6.63. The molecule has 0 saturated heterocycles. The van der Waals surface area contributed by atoms with Crippen LogP contribution in [-0.4, -0.2) is 9.78 Å². The Morgan fingerprint density at radius 2 is 2.00 bits per heavy atom. The maximum atomic E-state index is 9.27. The van der Waals surface area contributed by atoms with Crippen LogP contribution in [0.1, 0.15) is 36.4 Å². The lowest BCUT2D eigenvalue weighted by molar-refractivity contribution is 0.408. The van der Waals surface area contributed by atoms with Crippen LogP contribution in [0.3, 0.4) is 0 Å². The fourth-order valence-electron chi connectivity index (χ4n) is 2.31. The van der Waals surface area contributed by atoms with E-state index in [4.69, 9.17) is 17.3 Å². The van der Waals surface area contributed by atoms with Crippen molar-refractivity contribution in [3.8, 4) is 11.8 Å². The van der Waals surface area contributed by atoms with E-state index in [2.05, 4.69) is 11.2 Å². The maximum Gasteiger partial charge on any atom is 0.145 e. The summed E-state index contributed by atoms with van der Waals surface area (Å²) >= 11 is 5.87. The summed E-state index contributed by atoms with van der Waals surface area (Å²) < 4.78 is 1.63. The Balaban J connectivity index is 2.09. The average molecular weight is 273 g/mol. The molecule has 2 aromatic rings. The van der Waals surface area contributed by atoms with Crippen molar-refractivity contribution in [2.75, 3.05) is 5.73 Å². The van der Waals surface area contributed by atoms with Gasteiger partial charge in [-0.3, -0.25) is 0 Å². The van der Waals surface area contributed by atoms with Crippen LogP contribution >= 0.6 is 11.6 Å². The highest BCUT2D eigenvalue weighted by molar-refractivity contribution is 6.30. The van der Waals surface area contributed by atoms with Crippen molar-refractivity contribution in [1.82, 2.24) is 9.78 Å². The number of nitrogens with zero attached hydrogens (tertiary/aromatic N) is 3. The zero-order valence-electron chi connectivity index (χ0n) is 10.3. The summed E-state index contributed by atoms with van der Waals surface area (Å²) in [5, 5.41) is 14.5. The van der Waals surface area contributed by atoms with E-state index in [-0.39, 0.29) is 0 Å². The van der Waals surface area contributed by atoms with E-state index in [1.807, 2.05) is 12.1 Å². The minimum atomic E-state index is 0.380. The van der Waals surface area contributed by atoms with Gasteiger partial charge in [-0.25, -0.2) is 4.68 Å². The Labute approximate surface area is 116 Å². The second-order valence-corrected chi connectivity index (χ2v) is 5.21. The lowest BCUT2D eigenvalue weighted by Gasteiger charge is -2.23. The molecule has 2 N–H and O–H groups in total. The molecule has 0 bridgehead atoms. The molecule has 1 aliphatic carbocycles. The van der Waals surface area contributed by atoms with Gasteiger partial charge in [0, 0.05) is 10.9 Å². The monoisotopic (exact) mass is 272 g/mol. The molecule has 1 heterocycles. The number of halogens is 1. The standard InChI is InChI=1S/C14H13ClN4/c15-10-4-6-11(7-5-10)19-14(17)12(8-16)13(18-19)9-2-1-3-9/h4-7,9H,1-3,17H2. The van der Waals surface area contributed by atoms with Gasteiger partial charge in [0.25, 0.3) is 0 Å². The molecule has 1 fully saturated rings. The second-order valence-electron chi connectivity index (χ2n) is 4.77. The third-order valence-electron chi connectivity index (χ3n) is 3.62. The Morgan fingerprint density at radius 3 is 2.53 bits per heavy atom. The lowest BCUT2D eigenvalue weighted by atomic mass is 9.82. The van der Waals surface area contributed by atoms with E-state index in [0.29, 0.717) is 22.3 Å². The van der Waals surface area contributed by atoms with Gasteiger partial charge in [-0.1, -0.05) is 18.0 Å². The van der Waals surface area contributed by atoms with Gasteiger partial charge in [0.2, 0.25) is 0 Å². The molecule has 19 heavy (non-hydrogen) atoms. The molecule has 0 amide bonds. The molecule has 0 spiro atoms. The van der Waals surface area contributed by atoms with Crippen LogP contribution in [-0.2, 0) is 0 Å². The summed E-state index contributed by atoms with van der Waals surface area (Å²) in [5.74, 6) is 0.789. The first-order valence-electron chi connectivity index (χ1n) is 6.25. The molecule has 0 unspecified atom stereocenters. The Hall–Kier alpha value is -1.99. The van der Waals surface area contributed by atoms with Gasteiger partial charge in [-0.15, -0.1) is 0 Å². The van der Waals surface area contributed by atoms with Crippen LogP contribution in [0.4, 0.5) is 5.82 Å². The van der Waals surface area contributed by atoms with Crippen molar-refractivity contribution in [1.29, 1.82) is 5.26 Å². The largest absolute Gasteiger partial charge is 0.382 e. The Bertz CT molecular complexity index is 647. The summed E-state index contributed by atoms with van der Waals surface area (Å²) in [6.45, 7) is 0. The van der Waals surface area contributed by atoms with Crippen LogP contribution < -0.4 is 5.73 Å². The highest BCUT2D eigenvalue weighted by Gasteiger charge is 2.28. The van der Waals surface area contributed by atoms with Gasteiger partial charge in [0.1, 0.15) is 17.5 Å². The number of hydrogen-bond acceptors (Lipinski definition) is 3. The van der Waals surface area contributed by atoms with Gasteiger partial charge in [0.05, 0.1) is 11.4 Å². The number of aromatic nitrogens is 2. The molecule has 96 valence electrons. The SMILES string of the molecule is N#Cc1c(C2CCC2)nn(-c2ccc(Cl)cc2)c1N. The van der Waals surface area contributed by atoms with Crippen LogP contribution in [0.2, 0.25) is 5.02 Å². The zero-order valence-corrected chi connectivity index (χ0v) is 11.1. The lowest BCUT2D eigenvalue weighted by Crippen LogP contribution is -2.11. The number of nitrogens with two attached hydrogens (primary N) is 1. The number of anilines is 1. The fraction of sp³-hybridized carbons (Fsp3) is 0.286. The third kappa shape index (κ3) is 1.96. The minimum Gasteiger partial charge on any atom is -0.382 e. The highest BCUT2D eigenvalue weighted by atomic mass is 35.5. The van der Waals surface area contributed by atoms with E-state index in [9.17, 15) is 5.26 Å². The molecular formula is C14H13ClN4. The Kier molecular flexibility index (Phi) is 2.92. The molecule has 1 aliphatic rings. The van der Waals surface area contributed by atoms with Crippen molar-refractivity contribution in [2.24, 2.45) is 0 Å². The molecule has 3 rings (SSSR count). The number of nitriles is 1. The summed E-state index contributed by atoms with van der Waals surface area (Å²) in [6.07, 6.45) is 3.38. The quantitative estimate of drug-likeness (QED) is 0.912. The molecule has 4 nitrogen and oxygen atoms in total. The first-order chi connectivity index (χ1) is 9.20. The van der Waals surface area contributed by atoms with Gasteiger partial charge in [0.15, 0.2) is 0 Å². The van der Waals surface area contributed by atoms with Crippen molar-refractivity contribution in [3.63, 3.8) is 0 Å². The summed E-state index contributed by atoms with van der Waals surface area (Å²) in [4.78, 5) is 0. The summed E-state index contributed by atoms with van der Waals surface area (Å²) in [5.41, 5.74) is 8.22. The minimum absolute atomic E-state index is 0.380. The molecule has 1 aromatic heterocycles. The van der Waals surface area contributed by atoms with Gasteiger partial charge in [-0.05, 0) is 37.1 Å². The van der Waals surface area contributed by atoms with Crippen LogP contribution in [0, 0.1) is 11.3 Å². The van der Waals surface area contributed by atoms with E-state index >= 15 is 0 Å². The summed E-state index contributed by atoms with van der Waals surface area (Å²) in [7, 11) is 0. The van der Waals surface area contributed by atoms with E-state index in [0.717, 1.165) is 24.2 Å². The van der Waals surface area contributed by atoms with Crippen molar-refractivity contribution >= 4 is 17.4 Å². The molecule has 1 aromatic carbocycles. The van der Waals surface area contributed by atoms with Gasteiger partial charge in [-0.2, -0.15) is 10.4 Å². The molecule has 5 heteroatoms. The predicted octanol–water partition coefficient (Wildman–Crippen LogP) is 3.25. The normalized spacial score (nSPS) is 14.9. The second kappa shape index (κ2) is 4.60. The van der Waals surface area contributed by atoms with Crippen molar-refractivity contribution in [3.05, 3.63) is 40.5 Å². The molecular weight excluding hydrogens is 260 g/mol. The number of rotatable bonds is 2. The molecule has 0 radical (unpaired) electrons. The summed E-state index contributed by atoms with van der Waals surface area (Å²) in [6, 6.07) is 9.44. The molecule has 0 aliphatic heterocycles. The number of benzene rings is 1. The van der Waals surface area contributed by atoms with Gasteiger partial charge < -0.3 is 5.73 Å². The molecule has 1 saturated carbocycles. The maximum absolute atomic E-state index is 9.27.